The van der Waals surface area contributed by atoms with Crippen LogP contribution in [0.5, 0.6) is 0 Å². The second-order valence-corrected chi connectivity index (χ2v) is 4.19. The number of nitrogens with zero attached hydrogens (tertiary/aromatic N) is 3. The number of hydrogen-bond acceptors (Lipinski definition) is 5. The van der Waals surface area contributed by atoms with Gasteiger partial charge in [0.05, 0.1) is 23.4 Å². The van der Waals surface area contributed by atoms with Crippen molar-refractivity contribution in [2.24, 2.45) is 5.84 Å². The fourth-order valence-corrected chi connectivity index (χ4v) is 2.09. The minimum atomic E-state index is -0.182. The highest BCUT2D eigenvalue weighted by Gasteiger charge is 2.14. The van der Waals surface area contributed by atoms with Crippen molar-refractivity contribution in [3.63, 3.8) is 0 Å². The van der Waals surface area contributed by atoms with Gasteiger partial charge in [-0.1, -0.05) is 12.1 Å². The van der Waals surface area contributed by atoms with Gasteiger partial charge in [-0.25, -0.2) is 5.43 Å². The van der Waals surface area contributed by atoms with Gasteiger partial charge in [-0.05, 0) is 23.8 Å². The number of benzene rings is 1. The first-order chi connectivity index (χ1) is 9.38. The van der Waals surface area contributed by atoms with Crippen molar-refractivity contribution in [1.29, 1.82) is 0 Å². The van der Waals surface area contributed by atoms with Crippen LogP contribution >= 0.6 is 0 Å². The monoisotopic (exact) mass is 251 g/mol. The summed E-state index contributed by atoms with van der Waals surface area (Å²) < 4.78 is 0. The van der Waals surface area contributed by atoms with Gasteiger partial charge >= 0.3 is 0 Å². The van der Waals surface area contributed by atoms with Crippen LogP contribution in [-0.2, 0) is 0 Å². The molecule has 5 nitrogen and oxygen atoms in total. The molecule has 0 amide bonds. The van der Waals surface area contributed by atoms with Gasteiger partial charge in [-0.2, -0.15) is 0 Å². The van der Waals surface area contributed by atoms with Crippen molar-refractivity contribution in [1.82, 2.24) is 20.4 Å². The largest absolute Gasteiger partial charge is 0.271 e. The summed E-state index contributed by atoms with van der Waals surface area (Å²) in [5.74, 6) is 5.65. The first-order valence-corrected chi connectivity index (χ1v) is 5.95. The zero-order valence-electron chi connectivity index (χ0n) is 10.2. The molecule has 3 rings (SSSR count). The van der Waals surface area contributed by atoms with E-state index in [1.165, 1.54) is 0 Å². The molecule has 0 fully saturated rings. The third kappa shape index (κ3) is 2.29. The normalized spacial score (nSPS) is 12.5. The Morgan fingerprint density at radius 2 is 2.00 bits per heavy atom. The number of rotatable bonds is 3. The number of fused-ring (bicyclic) bond motifs is 1. The first-order valence-electron chi connectivity index (χ1n) is 5.95. The Hall–Kier alpha value is -2.37. The molecule has 0 aliphatic carbocycles. The molecule has 0 saturated heterocycles. The van der Waals surface area contributed by atoms with Gasteiger partial charge in [0.2, 0.25) is 0 Å². The van der Waals surface area contributed by atoms with E-state index in [1.54, 1.807) is 24.8 Å². The van der Waals surface area contributed by atoms with Gasteiger partial charge in [-0.15, -0.1) is 0 Å². The van der Waals surface area contributed by atoms with Crippen molar-refractivity contribution < 1.29 is 0 Å². The molecular formula is C14H13N5. The maximum absolute atomic E-state index is 5.65. The van der Waals surface area contributed by atoms with Crippen molar-refractivity contribution in [3.05, 3.63) is 66.4 Å². The smallest absolute Gasteiger partial charge is 0.0897 e. The van der Waals surface area contributed by atoms with Crippen molar-refractivity contribution in [2.75, 3.05) is 0 Å². The van der Waals surface area contributed by atoms with E-state index in [2.05, 4.69) is 26.4 Å². The maximum atomic E-state index is 5.65. The van der Waals surface area contributed by atoms with Crippen molar-refractivity contribution in [2.45, 2.75) is 6.04 Å². The Bertz CT molecular complexity index is 683. The van der Waals surface area contributed by atoms with Gasteiger partial charge in [0.1, 0.15) is 0 Å². The van der Waals surface area contributed by atoms with Crippen LogP contribution in [-0.4, -0.2) is 15.0 Å². The van der Waals surface area contributed by atoms with Crippen molar-refractivity contribution >= 4 is 10.9 Å². The van der Waals surface area contributed by atoms with E-state index in [0.717, 1.165) is 22.2 Å². The number of hydrazine groups is 1. The standard InChI is InChI=1S/C14H13N5/c15-19-14(13-9-16-6-7-18-13)11-3-4-12-10(8-11)2-1-5-17-12/h1-9,14,19H,15H2. The topological polar surface area (TPSA) is 76.7 Å². The second kappa shape index (κ2) is 5.09. The predicted molar refractivity (Wildman–Crippen MR) is 72.9 cm³/mol. The van der Waals surface area contributed by atoms with E-state index < -0.39 is 0 Å². The third-order valence-electron chi connectivity index (χ3n) is 3.01. The van der Waals surface area contributed by atoms with Gasteiger partial charge in [0, 0.05) is 24.0 Å². The molecule has 2 aromatic heterocycles. The minimum Gasteiger partial charge on any atom is -0.271 e. The zero-order valence-corrected chi connectivity index (χ0v) is 10.2. The van der Waals surface area contributed by atoms with Crippen molar-refractivity contribution in [3.8, 4) is 0 Å². The van der Waals surface area contributed by atoms with E-state index in [-0.39, 0.29) is 6.04 Å². The molecule has 0 aliphatic rings. The lowest BCUT2D eigenvalue weighted by molar-refractivity contribution is 0.618. The molecule has 2 heterocycles. The highest BCUT2D eigenvalue weighted by molar-refractivity contribution is 5.79. The van der Waals surface area contributed by atoms with Gasteiger partial charge in [-0.3, -0.25) is 20.8 Å². The van der Waals surface area contributed by atoms with Gasteiger partial charge in [0.15, 0.2) is 0 Å². The molecule has 0 bridgehead atoms. The van der Waals surface area contributed by atoms with Crippen LogP contribution in [0.3, 0.4) is 0 Å². The molecule has 1 aromatic carbocycles. The highest BCUT2D eigenvalue weighted by atomic mass is 15.2. The molecule has 0 aliphatic heterocycles. The lowest BCUT2D eigenvalue weighted by Crippen LogP contribution is -2.29. The SMILES string of the molecule is NNC(c1ccc2ncccc2c1)c1cnccn1. The lowest BCUT2D eigenvalue weighted by atomic mass is 10.0. The zero-order chi connectivity index (χ0) is 13.1. The van der Waals surface area contributed by atoms with Crippen LogP contribution in [0.2, 0.25) is 0 Å². The number of pyridine rings is 1. The Morgan fingerprint density at radius 3 is 2.79 bits per heavy atom. The summed E-state index contributed by atoms with van der Waals surface area (Å²) in [6.45, 7) is 0. The molecule has 3 N–H and O–H groups in total. The van der Waals surface area contributed by atoms with Crippen LogP contribution in [0.15, 0.2) is 55.1 Å². The highest BCUT2D eigenvalue weighted by Crippen LogP contribution is 2.22. The predicted octanol–water partition coefficient (Wildman–Crippen LogP) is 1.58. The molecule has 19 heavy (non-hydrogen) atoms. The number of aromatic nitrogens is 3. The summed E-state index contributed by atoms with van der Waals surface area (Å²) in [6, 6.07) is 9.79. The van der Waals surface area contributed by atoms with E-state index >= 15 is 0 Å². The molecule has 94 valence electrons. The summed E-state index contributed by atoms with van der Waals surface area (Å²) in [6.07, 6.45) is 6.78. The summed E-state index contributed by atoms with van der Waals surface area (Å²) in [5.41, 5.74) is 5.55. The summed E-state index contributed by atoms with van der Waals surface area (Å²) in [7, 11) is 0. The third-order valence-corrected chi connectivity index (χ3v) is 3.01. The maximum Gasteiger partial charge on any atom is 0.0897 e. The quantitative estimate of drug-likeness (QED) is 0.546. The summed E-state index contributed by atoms with van der Waals surface area (Å²) >= 11 is 0. The van der Waals surface area contributed by atoms with Gasteiger partial charge in [0.25, 0.3) is 0 Å². The van der Waals surface area contributed by atoms with Crippen LogP contribution in [0.25, 0.3) is 10.9 Å². The van der Waals surface area contributed by atoms with E-state index in [4.69, 9.17) is 5.84 Å². The lowest BCUT2D eigenvalue weighted by Gasteiger charge is -2.15. The minimum absolute atomic E-state index is 0.182. The molecule has 1 unspecified atom stereocenters. The van der Waals surface area contributed by atoms with Gasteiger partial charge < -0.3 is 0 Å². The molecule has 3 aromatic rings. The van der Waals surface area contributed by atoms with E-state index in [1.807, 2.05) is 24.3 Å². The molecule has 0 spiro atoms. The second-order valence-electron chi connectivity index (χ2n) is 4.19. The summed E-state index contributed by atoms with van der Waals surface area (Å²) in [4.78, 5) is 12.7. The molecule has 5 heteroatoms. The fourth-order valence-electron chi connectivity index (χ4n) is 2.09. The molecule has 0 saturated carbocycles. The van der Waals surface area contributed by atoms with E-state index in [9.17, 15) is 0 Å². The van der Waals surface area contributed by atoms with Crippen LogP contribution in [0.1, 0.15) is 17.3 Å². The van der Waals surface area contributed by atoms with Crippen LogP contribution < -0.4 is 11.3 Å². The van der Waals surface area contributed by atoms with Crippen LogP contribution in [0, 0.1) is 0 Å². The Kier molecular flexibility index (Phi) is 3.14. The first kappa shape index (κ1) is 11.7. The molecule has 1 atom stereocenters. The summed E-state index contributed by atoms with van der Waals surface area (Å²) in [5, 5.41) is 1.07. The molecule has 0 radical (unpaired) electrons. The molecular weight excluding hydrogens is 238 g/mol. The Balaban J connectivity index is 2.06. The van der Waals surface area contributed by atoms with Crippen LogP contribution in [0.4, 0.5) is 0 Å². The van der Waals surface area contributed by atoms with E-state index in [0.29, 0.717) is 0 Å². The average molecular weight is 251 g/mol. The Labute approximate surface area is 110 Å². The Morgan fingerprint density at radius 1 is 1.05 bits per heavy atom. The fraction of sp³-hybridized carbons (Fsp3) is 0.0714. The average Bonchev–Trinajstić information content (AvgIpc) is 2.49. The number of nitrogens with one attached hydrogen (secondary N) is 1. The number of nitrogens with two attached hydrogens (primary N) is 1. The number of hydrogen-bond donors (Lipinski definition) is 2.